The Morgan fingerprint density at radius 1 is 1.00 bits per heavy atom. The summed E-state index contributed by atoms with van der Waals surface area (Å²) in [4.78, 5) is 29.1. The van der Waals surface area contributed by atoms with E-state index < -0.39 is 18.0 Å². The summed E-state index contributed by atoms with van der Waals surface area (Å²) in [6.07, 6.45) is 9.48. The number of carboxylic acid groups (broad SMARTS) is 2. The van der Waals surface area contributed by atoms with Crippen molar-refractivity contribution in [3.05, 3.63) is 48.3 Å². The molecule has 0 saturated heterocycles. The third-order valence-electron chi connectivity index (χ3n) is 4.02. The van der Waals surface area contributed by atoms with Gasteiger partial charge in [0.1, 0.15) is 6.04 Å². The molecule has 2 aromatic heterocycles. The second kappa shape index (κ2) is 13.4. The summed E-state index contributed by atoms with van der Waals surface area (Å²) in [5, 5.41) is 17.0. The average molecular weight is 387 g/mol. The number of nitrogens with zero attached hydrogens (tertiary/aromatic N) is 2. The van der Waals surface area contributed by atoms with Crippen LogP contribution in [0.4, 0.5) is 0 Å². The van der Waals surface area contributed by atoms with E-state index in [1.54, 1.807) is 12.4 Å². The van der Waals surface area contributed by atoms with Gasteiger partial charge in [0.15, 0.2) is 0 Å². The molecule has 7 heteroatoms. The van der Waals surface area contributed by atoms with Crippen molar-refractivity contribution in [2.75, 3.05) is 0 Å². The molecule has 2 heterocycles. The Kier molecular flexibility index (Phi) is 11.1. The molecule has 0 aromatic carbocycles. The van der Waals surface area contributed by atoms with Gasteiger partial charge < -0.3 is 15.9 Å². The summed E-state index contributed by atoms with van der Waals surface area (Å²) in [5.74, 6) is -1.68. The second-order valence-electron chi connectivity index (χ2n) is 6.47. The number of aliphatic carboxylic acids is 2. The first-order chi connectivity index (χ1) is 13.4. The zero-order valence-corrected chi connectivity index (χ0v) is 16.3. The number of nitrogens with two attached hydrogens (primary N) is 1. The summed E-state index contributed by atoms with van der Waals surface area (Å²) in [7, 11) is 0. The van der Waals surface area contributed by atoms with Gasteiger partial charge in [-0.2, -0.15) is 0 Å². The van der Waals surface area contributed by atoms with E-state index in [0.29, 0.717) is 6.42 Å². The molecule has 0 spiro atoms. The smallest absolute Gasteiger partial charge is 0.320 e. The predicted octanol–water partition coefficient (Wildman–Crippen LogP) is 3.53. The van der Waals surface area contributed by atoms with Gasteiger partial charge in [-0.3, -0.25) is 19.6 Å². The van der Waals surface area contributed by atoms with E-state index in [1.165, 1.54) is 19.3 Å². The summed E-state index contributed by atoms with van der Waals surface area (Å²) in [5.41, 5.74) is 7.79. The second-order valence-corrected chi connectivity index (χ2v) is 6.47. The Morgan fingerprint density at radius 3 is 2.25 bits per heavy atom. The fourth-order valence-corrected chi connectivity index (χ4v) is 2.43. The lowest BCUT2D eigenvalue weighted by Crippen LogP contribution is -2.32. The molecule has 0 saturated carbocycles. The van der Waals surface area contributed by atoms with Gasteiger partial charge in [-0.1, -0.05) is 44.7 Å². The van der Waals surface area contributed by atoms with E-state index in [2.05, 4.69) is 16.9 Å². The van der Waals surface area contributed by atoms with E-state index in [1.807, 2.05) is 30.3 Å². The highest BCUT2D eigenvalue weighted by Crippen LogP contribution is 2.14. The van der Waals surface area contributed by atoms with Crippen LogP contribution in [0.5, 0.6) is 0 Å². The predicted molar refractivity (Wildman–Crippen MR) is 108 cm³/mol. The topological polar surface area (TPSA) is 126 Å². The van der Waals surface area contributed by atoms with Crippen LogP contribution in [-0.2, 0) is 16.0 Å². The lowest BCUT2D eigenvalue weighted by molar-refractivity contribution is -0.139. The van der Waals surface area contributed by atoms with Crippen molar-refractivity contribution >= 4 is 11.9 Å². The number of unbranched alkanes of at least 4 members (excludes halogenated alkanes) is 4. The lowest BCUT2D eigenvalue weighted by atomic mass is 10.1. The molecule has 0 bridgehead atoms. The van der Waals surface area contributed by atoms with Gasteiger partial charge >= 0.3 is 11.9 Å². The van der Waals surface area contributed by atoms with Gasteiger partial charge in [-0.05, 0) is 36.6 Å². The van der Waals surface area contributed by atoms with Gasteiger partial charge in [-0.25, -0.2) is 0 Å². The average Bonchev–Trinajstić information content (AvgIpc) is 2.69. The maximum Gasteiger partial charge on any atom is 0.320 e. The molecule has 7 nitrogen and oxygen atoms in total. The normalized spacial score (nSPS) is 11.2. The molecule has 0 radical (unpaired) electrons. The molecule has 2 rings (SSSR count). The molecule has 0 aliphatic carbocycles. The van der Waals surface area contributed by atoms with Crippen molar-refractivity contribution in [2.45, 2.75) is 57.9 Å². The number of hydrogen-bond donors (Lipinski definition) is 3. The molecule has 4 N–H and O–H groups in total. The van der Waals surface area contributed by atoms with E-state index >= 15 is 0 Å². The number of carbonyl (C=O) groups is 2. The SMILES string of the molecule is CCCCCCCC(=O)O.NC(Cc1ccc(-c2ccccn2)nc1)C(=O)O. The number of hydrogen-bond acceptors (Lipinski definition) is 5. The van der Waals surface area contributed by atoms with Gasteiger partial charge in [0.2, 0.25) is 0 Å². The first-order valence-corrected chi connectivity index (χ1v) is 9.50. The Morgan fingerprint density at radius 2 is 1.71 bits per heavy atom. The molecular formula is C21H29N3O4. The summed E-state index contributed by atoms with van der Waals surface area (Å²) in [6, 6.07) is 8.33. The van der Waals surface area contributed by atoms with Crippen molar-refractivity contribution in [3.8, 4) is 11.4 Å². The molecule has 2 aromatic rings. The Labute approximate surface area is 165 Å². The molecule has 152 valence electrons. The zero-order chi connectivity index (χ0) is 20.8. The minimum absolute atomic E-state index is 0.269. The first kappa shape index (κ1) is 23.2. The lowest BCUT2D eigenvalue weighted by Gasteiger charge is -2.06. The monoisotopic (exact) mass is 387 g/mol. The van der Waals surface area contributed by atoms with Gasteiger partial charge in [-0.15, -0.1) is 0 Å². The summed E-state index contributed by atoms with van der Waals surface area (Å²) < 4.78 is 0. The van der Waals surface area contributed by atoms with Crippen LogP contribution in [-0.4, -0.2) is 38.2 Å². The van der Waals surface area contributed by atoms with Crippen LogP contribution in [0.15, 0.2) is 42.7 Å². The number of aromatic nitrogens is 2. The number of rotatable bonds is 10. The van der Waals surface area contributed by atoms with Gasteiger partial charge in [0.25, 0.3) is 0 Å². The third kappa shape index (κ3) is 9.78. The largest absolute Gasteiger partial charge is 0.481 e. The summed E-state index contributed by atoms with van der Waals surface area (Å²) in [6.45, 7) is 2.15. The number of pyridine rings is 2. The molecule has 1 unspecified atom stereocenters. The molecule has 0 aliphatic rings. The Bertz CT molecular complexity index is 705. The van der Waals surface area contributed by atoms with Crippen molar-refractivity contribution < 1.29 is 19.8 Å². The Balaban J connectivity index is 0.000000336. The van der Waals surface area contributed by atoms with Crippen LogP contribution in [0, 0.1) is 0 Å². The van der Waals surface area contributed by atoms with Crippen molar-refractivity contribution in [3.63, 3.8) is 0 Å². The van der Waals surface area contributed by atoms with E-state index in [0.717, 1.165) is 29.8 Å². The highest BCUT2D eigenvalue weighted by atomic mass is 16.4. The number of carboxylic acids is 2. The van der Waals surface area contributed by atoms with Crippen LogP contribution in [0.3, 0.4) is 0 Å². The van der Waals surface area contributed by atoms with Crippen molar-refractivity contribution in [1.82, 2.24) is 9.97 Å². The van der Waals surface area contributed by atoms with Crippen LogP contribution >= 0.6 is 0 Å². The van der Waals surface area contributed by atoms with Gasteiger partial charge in [0.05, 0.1) is 11.4 Å². The molecule has 0 aliphatic heterocycles. The van der Waals surface area contributed by atoms with Crippen LogP contribution < -0.4 is 5.73 Å². The fourth-order valence-electron chi connectivity index (χ4n) is 2.43. The minimum atomic E-state index is -1.01. The van der Waals surface area contributed by atoms with E-state index in [4.69, 9.17) is 15.9 Å². The van der Waals surface area contributed by atoms with Gasteiger partial charge in [0, 0.05) is 18.8 Å². The highest BCUT2D eigenvalue weighted by Gasteiger charge is 2.12. The quantitative estimate of drug-likeness (QED) is 0.532. The Hall–Kier alpha value is -2.80. The molecule has 1 atom stereocenters. The van der Waals surface area contributed by atoms with Crippen LogP contribution in [0.2, 0.25) is 0 Å². The molecular weight excluding hydrogens is 358 g/mol. The van der Waals surface area contributed by atoms with Crippen molar-refractivity contribution in [1.29, 1.82) is 0 Å². The van der Waals surface area contributed by atoms with Crippen LogP contribution in [0.1, 0.15) is 51.0 Å². The van der Waals surface area contributed by atoms with E-state index in [-0.39, 0.29) is 6.42 Å². The van der Waals surface area contributed by atoms with Crippen LogP contribution in [0.25, 0.3) is 11.4 Å². The molecule has 28 heavy (non-hydrogen) atoms. The third-order valence-corrected chi connectivity index (χ3v) is 4.02. The highest BCUT2D eigenvalue weighted by molar-refractivity contribution is 5.73. The molecule has 0 amide bonds. The maximum atomic E-state index is 10.6. The zero-order valence-electron chi connectivity index (χ0n) is 16.3. The van der Waals surface area contributed by atoms with E-state index in [9.17, 15) is 9.59 Å². The fraction of sp³-hybridized carbons (Fsp3) is 0.429. The maximum absolute atomic E-state index is 10.6. The molecule has 0 fully saturated rings. The van der Waals surface area contributed by atoms with Crippen molar-refractivity contribution in [2.24, 2.45) is 5.73 Å². The summed E-state index contributed by atoms with van der Waals surface area (Å²) >= 11 is 0. The standard InChI is InChI=1S/C13H13N3O2.C8H16O2/c14-10(13(17)18)7-9-4-5-12(16-8-9)11-3-1-2-6-15-11;1-2-3-4-5-6-7-8(9)10/h1-6,8,10H,7,14H2,(H,17,18);2-7H2,1H3,(H,9,10). The minimum Gasteiger partial charge on any atom is -0.481 e. The first-order valence-electron chi connectivity index (χ1n) is 9.50.